The molecule has 0 atom stereocenters. The molecule has 19 heavy (non-hydrogen) atoms. The molecular formula is C16H15FO2. The Hall–Kier alpha value is -2.16. The number of rotatable bonds is 3. The fourth-order valence-electron chi connectivity index (χ4n) is 2.11. The maximum atomic E-state index is 13.4. The SMILES string of the molecule is COc1ccc(-c2cc(F)ccc2C(C)=O)cc1C. The molecule has 0 radical (unpaired) electrons. The van der Waals surface area contributed by atoms with Gasteiger partial charge in [0.2, 0.25) is 0 Å². The van der Waals surface area contributed by atoms with E-state index < -0.39 is 0 Å². The molecule has 0 amide bonds. The molecule has 98 valence electrons. The Bertz CT molecular complexity index is 633. The Morgan fingerprint density at radius 1 is 1.16 bits per heavy atom. The number of methoxy groups -OCH3 is 1. The molecule has 2 nitrogen and oxygen atoms in total. The van der Waals surface area contributed by atoms with E-state index >= 15 is 0 Å². The van der Waals surface area contributed by atoms with Crippen LogP contribution in [-0.4, -0.2) is 12.9 Å². The van der Waals surface area contributed by atoms with Gasteiger partial charge in [-0.25, -0.2) is 4.39 Å². The summed E-state index contributed by atoms with van der Waals surface area (Å²) in [5.41, 5.74) is 2.88. The zero-order valence-electron chi connectivity index (χ0n) is 11.2. The van der Waals surface area contributed by atoms with Gasteiger partial charge in [-0.2, -0.15) is 0 Å². The van der Waals surface area contributed by atoms with Crippen molar-refractivity contribution in [2.75, 3.05) is 7.11 Å². The highest BCUT2D eigenvalue weighted by molar-refractivity contribution is 6.00. The molecule has 0 heterocycles. The average molecular weight is 258 g/mol. The van der Waals surface area contributed by atoms with Gasteiger partial charge in [-0.05, 0) is 60.9 Å². The van der Waals surface area contributed by atoms with E-state index in [2.05, 4.69) is 0 Å². The molecule has 0 spiro atoms. The largest absolute Gasteiger partial charge is 0.496 e. The third-order valence-electron chi connectivity index (χ3n) is 3.07. The van der Waals surface area contributed by atoms with Crippen LogP contribution in [0, 0.1) is 12.7 Å². The van der Waals surface area contributed by atoms with Crippen molar-refractivity contribution < 1.29 is 13.9 Å². The van der Waals surface area contributed by atoms with Crippen molar-refractivity contribution in [1.29, 1.82) is 0 Å². The molecule has 0 aliphatic rings. The third-order valence-corrected chi connectivity index (χ3v) is 3.07. The van der Waals surface area contributed by atoms with Crippen molar-refractivity contribution in [3.05, 3.63) is 53.3 Å². The van der Waals surface area contributed by atoms with E-state index in [1.165, 1.54) is 25.1 Å². The van der Waals surface area contributed by atoms with E-state index in [9.17, 15) is 9.18 Å². The predicted octanol–water partition coefficient (Wildman–Crippen LogP) is 4.01. The number of Topliss-reactive ketones (excluding diaryl/α,β-unsaturated/α-hetero) is 1. The van der Waals surface area contributed by atoms with Gasteiger partial charge in [0.05, 0.1) is 7.11 Å². The second kappa shape index (κ2) is 5.22. The highest BCUT2D eigenvalue weighted by Crippen LogP contribution is 2.29. The highest BCUT2D eigenvalue weighted by Gasteiger charge is 2.11. The Kier molecular flexibility index (Phi) is 3.65. The van der Waals surface area contributed by atoms with Gasteiger partial charge in [-0.15, -0.1) is 0 Å². The molecular weight excluding hydrogens is 243 g/mol. The minimum absolute atomic E-state index is 0.0801. The monoisotopic (exact) mass is 258 g/mol. The summed E-state index contributed by atoms with van der Waals surface area (Å²) in [7, 11) is 1.60. The van der Waals surface area contributed by atoms with E-state index in [0.29, 0.717) is 11.1 Å². The van der Waals surface area contributed by atoms with E-state index in [-0.39, 0.29) is 11.6 Å². The Balaban J connectivity index is 2.61. The molecule has 0 aromatic heterocycles. The number of ketones is 1. The standard InChI is InChI=1S/C16H15FO2/c1-10-8-12(4-7-16(10)19-3)15-9-13(17)5-6-14(15)11(2)18/h4-9H,1-3H3. The van der Waals surface area contributed by atoms with E-state index in [1.54, 1.807) is 7.11 Å². The Labute approximate surface area is 111 Å². The van der Waals surface area contributed by atoms with Crippen molar-refractivity contribution in [3.63, 3.8) is 0 Å². The molecule has 0 saturated carbocycles. The number of hydrogen-bond donors (Lipinski definition) is 0. The molecule has 2 aromatic carbocycles. The van der Waals surface area contributed by atoms with Crippen molar-refractivity contribution in [3.8, 4) is 16.9 Å². The van der Waals surface area contributed by atoms with Crippen LogP contribution < -0.4 is 4.74 Å². The topological polar surface area (TPSA) is 26.3 Å². The summed E-state index contributed by atoms with van der Waals surface area (Å²) in [4.78, 5) is 11.6. The summed E-state index contributed by atoms with van der Waals surface area (Å²) in [6.45, 7) is 3.39. The summed E-state index contributed by atoms with van der Waals surface area (Å²) in [6, 6.07) is 9.74. The average Bonchev–Trinajstić information content (AvgIpc) is 2.38. The second-order valence-corrected chi connectivity index (χ2v) is 4.43. The second-order valence-electron chi connectivity index (χ2n) is 4.43. The minimum atomic E-state index is -0.353. The first kappa shape index (κ1) is 13.3. The third kappa shape index (κ3) is 2.65. The molecule has 0 bridgehead atoms. The van der Waals surface area contributed by atoms with Crippen LogP contribution in [0.15, 0.2) is 36.4 Å². The number of ether oxygens (including phenoxy) is 1. The minimum Gasteiger partial charge on any atom is -0.496 e. The summed E-state index contributed by atoms with van der Waals surface area (Å²) in [6.07, 6.45) is 0. The number of benzene rings is 2. The maximum absolute atomic E-state index is 13.4. The quantitative estimate of drug-likeness (QED) is 0.777. The van der Waals surface area contributed by atoms with Gasteiger partial charge in [-0.1, -0.05) is 6.07 Å². The van der Waals surface area contributed by atoms with Gasteiger partial charge in [0.1, 0.15) is 11.6 Å². The van der Waals surface area contributed by atoms with Gasteiger partial charge in [0.25, 0.3) is 0 Å². The smallest absolute Gasteiger partial charge is 0.160 e. The van der Waals surface area contributed by atoms with Gasteiger partial charge in [-0.3, -0.25) is 4.79 Å². The van der Waals surface area contributed by atoms with Crippen LogP contribution in [0.3, 0.4) is 0 Å². The van der Waals surface area contributed by atoms with Crippen LogP contribution in [0.1, 0.15) is 22.8 Å². The Morgan fingerprint density at radius 2 is 1.89 bits per heavy atom. The van der Waals surface area contributed by atoms with Crippen molar-refractivity contribution in [2.24, 2.45) is 0 Å². The lowest BCUT2D eigenvalue weighted by molar-refractivity contribution is 0.101. The van der Waals surface area contributed by atoms with Crippen LogP contribution >= 0.6 is 0 Å². The van der Waals surface area contributed by atoms with Crippen LogP contribution in [0.25, 0.3) is 11.1 Å². The summed E-state index contributed by atoms with van der Waals surface area (Å²) >= 11 is 0. The molecule has 2 aromatic rings. The number of carbonyl (C=O) groups excluding carboxylic acids is 1. The van der Waals surface area contributed by atoms with Gasteiger partial charge in [0, 0.05) is 5.56 Å². The van der Waals surface area contributed by atoms with Crippen LogP contribution in [0.2, 0.25) is 0 Å². The Morgan fingerprint density at radius 3 is 2.47 bits per heavy atom. The summed E-state index contributed by atoms with van der Waals surface area (Å²) in [5, 5.41) is 0. The molecule has 0 N–H and O–H groups in total. The number of carbonyl (C=O) groups is 1. The zero-order chi connectivity index (χ0) is 14.0. The molecule has 2 rings (SSSR count). The van der Waals surface area contributed by atoms with Crippen molar-refractivity contribution in [2.45, 2.75) is 13.8 Å². The number of hydrogen-bond acceptors (Lipinski definition) is 2. The van der Waals surface area contributed by atoms with Crippen LogP contribution in [-0.2, 0) is 0 Å². The molecule has 0 aliphatic carbocycles. The summed E-state index contributed by atoms with van der Waals surface area (Å²) < 4.78 is 18.6. The first-order chi connectivity index (χ1) is 9.02. The zero-order valence-corrected chi connectivity index (χ0v) is 11.2. The lowest BCUT2D eigenvalue weighted by Crippen LogP contribution is -1.97. The fraction of sp³-hybridized carbons (Fsp3) is 0.188. The van der Waals surface area contributed by atoms with Crippen molar-refractivity contribution >= 4 is 5.78 Å². The first-order valence-electron chi connectivity index (χ1n) is 5.98. The molecule has 0 fully saturated rings. The van der Waals surface area contributed by atoms with Crippen molar-refractivity contribution in [1.82, 2.24) is 0 Å². The first-order valence-corrected chi connectivity index (χ1v) is 5.98. The van der Waals surface area contributed by atoms with Gasteiger partial charge < -0.3 is 4.74 Å². The van der Waals surface area contributed by atoms with Crippen LogP contribution in [0.5, 0.6) is 5.75 Å². The summed E-state index contributed by atoms with van der Waals surface area (Å²) in [5.74, 6) is 0.335. The fourth-order valence-corrected chi connectivity index (χ4v) is 2.11. The number of aryl methyl sites for hydroxylation is 1. The van der Waals surface area contributed by atoms with E-state index in [0.717, 1.165) is 16.9 Å². The highest BCUT2D eigenvalue weighted by atomic mass is 19.1. The number of halogens is 1. The maximum Gasteiger partial charge on any atom is 0.160 e. The predicted molar refractivity (Wildman–Crippen MR) is 73.1 cm³/mol. The van der Waals surface area contributed by atoms with Gasteiger partial charge >= 0.3 is 0 Å². The van der Waals surface area contributed by atoms with Crippen LogP contribution in [0.4, 0.5) is 4.39 Å². The van der Waals surface area contributed by atoms with E-state index in [4.69, 9.17) is 4.74 Å². The molecule has 0 saturated heterocycles. The molecule has 3 heteroatoms. The normalized spacial score (nSPS) is 10.3. The molecule has 0 aliphatic heterocycles. The van der Waals surface area contributed by atoms with Gasteiger partial charge in [0.15, 0.2) is 5.78 Å². The lowest BCUT2D eigenvalue weighted by Gasteiger charge is -2.10. The molecule has 0 unspecified atom stereocenters. The lowest BCUT2D eigenvalue weighted by atomic mass is 9.96. The van der Waals surface area contributed by atoms with E-state index in [1.807, 2.05) is 25.1 Å².